The number of hydrogen-bond donors (Lipinski definition) is 0. The minimum atomic E-state index is -0.535. The van der Waals surface area contributed by atoms with E-state index in [1.807, 2.05) is 36.4 Å². The molecular formula is C33H34O4. The van der Waals surface area contributed by atoms with Crippen LogP contribution in [-0.2, 0) is 19.1 Å². The molecular weight excluding hydrogens is 460 g/mol. The van der Waals surface area contributed by atoms with Gasteiger partial charge in [-0.05, 0) is 51.6 Å². The number of Topliss-reactive ketones (excluding diaryl/α,β-unsaturated/α-hetero) is 1. The van der Waals surface area contributed by atoms with Gasteiger partial charge in [-0.25, -0.2) is 0 Å². The number of carbonyl (C=O) groups is 3. The summed E-state index contributed by atoms with van der Waals surface area (Å²) in [7, 11) is 0. The molecule has 4 heteroatoms. The number of esters is 1. The first-order valence-corrected chi connectivity index (χ1v) is 13.2. The van der Waals surface area contributed by atoms with Crippen molar-refractivity contribution in [1.29, 1.82) is 0 Å². The van der Waals surface area contributed by atoms with Gasteiger partial charge in [-0.3, -0.25) is 14.4 Å². The summed E-state index contributed by atoms with van der Waals surface area (Å²) >= 11 is 0. The summed E-state index contributed by atoms with van der Waals surface area (Å²) in [5.74, 6) is -1.00. The van der Waals surface area contributed by atoms with Crippen molar-refractivity contribution in [3.05, 3.63) is 90.0 Å². The Kier molecular flexibility index (Phi) is 6.61. The Morgan fingerprint density at radius 2 is 1.59 bits per heavy atom. The number of ether oxygens (including phenoxy) is 1. The minimum Gasteiger partial charge on any atom is -0.461 e. The number of ketones is 2. The zero-order valence-electron chi connectivity index (χ0n) is 21.8. The molecule has 0 radical (unpaired) electrons. The van der Waals surface area contributed by atoms with Crippen molar-refractivity contribution in [3.63, 3.8) is 0 Å². The lowest BCUT2D eigenvalue weighted by Crippen LogP contribution is -2.35. The van der Waals surface area contributed by atoms with Gasteiger partial charge in [-0.1, -0.05) is 99.6 Å². The van der Waals surface area contributed by atoms with E-state index >= 15 is 0 Å². The lowest BCUT2D eigenvalue weighted by molar-refractivity contribution is -0.155. The fourth-order valence-electron chi connectivity index (χ4n) is 6.90. The zero-order chi connectivity index (χ0) is 26.2. The summed E-state index contributed by atoms with van der Waals surface area (Å²) in [6.07, 6.45) is 4.17. The maximum Gasteiger partial charge on any atom is 0.313 e. The van der Waals surface area contributed by atoms with E-state index in [-0.39, 0.29) is 47.4 Å². The highest BCUT2D eigenvalue weighted by Crippen LogP contribution is 2.72. The highest BCUT2D eigenvalue weighted by molar-refractivity contribution is 6.10. The molecule has 3 aromatic rings. The molecule has 0 aromatic heterocycles. The quantitative estimate of drug-likeness (QED) is 0.194. The van der Waals surface area contributed by atoms with Crippen LogP contribution in [0.2, 0.25) is 0 Å². The molecule has 2 saturated carbocycles. The van der Waals surface area contributed by atoms with Crippen molar-refractivity contribution < 1.29 is 19.1 Å². The second-order valence-corrected chi connectivity index (χ2v) is 11.4. The SMILES string of the molecule is CC1(C)C2CC[C@@]1(C)C(c1cccc3ccccc13)C2OC(=O)CC(=O)CC(=O)C=Cc1ccccc1. The molecule has 190 valence electrons. The molecule has 37 heavy (non-hydrogen) atoms. The van der Waals surface area contributed by atoms with Gasteiger partial charge in [0.25, 0.3) is 0 Å². The molecule has 0 saturated heterocycles. The van der Waals surface area contributed by atoms with Crippen LogP contribution >= 0.6 is 0 Å². The number of carbonyl (C=O) groups excluding carboxylic acids is 3. The molecule has 5 rings (SSSR count). The van der Waals surface area contributed by atoms with Gasteiger partial charge in [0.2, 0.25) is 0 Å². The fourth-order valence-corrected chi connectivity index (χ4v) is 6.90. The maximum absolute atomic E-state index is 13.0. The van der Waals surface area contributed by atoms with Gasteiger partial charge >= 0.3 is 5.97 Å². The number of rotatable bonds is 8. The summed E-state index contributed by atoms with van der Waals surface area (Å²) in [6, 6.07) is 24.1. The van der Waals surface area contributed by atoms with E-state index in [2.05, 4.69) is 57.2 Å². The van der Waals surface area contributed by atoms with Crippen LogP contribution in [0.1, 0.15) is 63.5 Å². The number of hydrogen-bond acceptors (Lipinski definition) is 4. The third kappa shape index (κ3) is 4.54. The first-order valence-electron chi connectivity index (χ1n) is 13.2. The van der Waals surface area contributed by atoms with Crippen molar-refractivity contribution >= 4 is 34.4 Å². The van der Waals surface area contributed by atoms with Crippen LogP contribution in [0.4, 0.5) is 0 Å². The summed E-state index contributed by atoms with van der Waals surface area (Å²) in [5.41, 5.74) is 2.05. The molecule has 2 aliphatic rings. The van der Waals surface area contributed by atoms with Gasteiger partial charge in [-0.15, -0.1) is 0 Å². The Bertz CT molecular complexity index is 1360. The Hall–Kier alpha value is -3.53. The van der Waals surface area contributed by atoms with Crippen LogP contribution < -0.4 is 0 Å². The molecule has 0 amide bonds. The van der Waals surface area contributed by atoms with E-state index in [1.165, 1.54) is 22.4 Å². The molecule has 3 aromatic carbocycles. The minimum absolute atomic E-state index is 0.0121. The largest absolute Gasteiger partial charge is 0.461 e. The average molecular weight is 495 g/mol. The standard InChI is InChI=1S/C33H34O4/c1-32(2)28-18-19-33(32,3)30(27-15-9-13-23-12-7-8-14-26(23)27)31(28)37-29(36)21-25(35)20-24(34)17-16-22-10-5-4-6-11-22/h4-17,28,30-31H,18-21H2,1-3H3/t28?,30?,31?,33-/m0/s1. The highest BCUT2D eigenvalue weighted by atomic mass is 16.5. The molecule has 4 atom stereocenters. The average Bonchev–Trinajstić information content (AvgIpc) is 3.20. The van der Waals surface area contributed by atoms with E-state index in [0.29, 0.717) is 0 Å². The summed E-state index contributed by atoms with van der Waals surface area (Å²) in [5, 5.41) is 2.36. The monoisotopic (exact) mass is 494 g/mol. The number of fused-ring (bicyclic) bond motifs is 3. The van der Waals surface area contributed by atoms with Crippen LogP contribution in [0, 0.1) is 16.7 Å². The van der Waals surface area contributed by atoms with Crippen LogP contribution in [0.25, 0.3) is 16.8 Å². The topological polar surface area (TPSA) is 60.4 Å². The van der Waals surface area contributed by atoms with Gasteiger partial charge < -0.3 is 4.74 Å². The lowest BCUT2D eigenvalue weighted by Gasteiger charge is -2.40. The Morgan fingerprint density at radius 1 is 0.892 bits per heavy atom. The number of allylic oxidation sites excluding steroid dienone is 1. The maximum atomic E-state index is 13.0. The molecule has 3 unspecified atom stereocenters. The second-order valence-electron chi connectivity index (χ2n) is 11.4. The van der Waals surface area contributed by atoms with Crippen LogP contribution in [0.3, 0.4) is 0 Å². The third-order valence-corrected chi connectivity index (χ3v) is 9.19. The summed E-state index contributed by atoms with van der Waals surface area (Å²) < 4.78 is 6.15. The molecule has 0 spiro atoms. The summed E-state index contributed by atoms with van der Waals surface area (Å²) in [4.78, 5) is 37.9. The van der Waals surface area contributed by atoms with Crippen LogP contribution in [0.5, 0.6) is 0 Å². The van der Waals surface area contributed by atoms with Crippen LogP contribution in [-0.4, -0.2) is 23.6 Å². The predicted molar refractivity (Wildman–Crippen MR) is 146 cm³/mol. The van der Waals surface area contributed by atoms with Gasteiger partial charge in [-0.2, -0.15) is 0 Å². The Balaban J connectivity index is 1.32. The van der Waals surface area contributed by atoms with E-state index in [9.17, 15) is 14.4 Å². The van der Waals surface area contributed by atoms with E-state index < -0.39 is 11.8 Å². The first kappa shape index (κ1) is 25.1. The van der Waals surface area contributed by atoms with Crippen molar-refractivity contribution in [1.82, 2.24) is 0 Å². The third-order valence-electron chi connectivity index (χ3n) is 9.19. The van der Waals surface area contributed by atoms with E-state index in [0.717, 1.165) is 18.4 Å². The lowest BCUT2D eigenvalue weighted by atomic mass is 9.64. The van der Waals surface area contributed by atoms with Crippen molar-refractivity contribution in [2.75, 3.05) is 0 Å². The van der Waals surface area contributed by atoms with Gasteiger partial charge in [0.15, 0.2) is 11.6 Å². The predicted octanol–water partition coefficient (Wildman–Crippen LogP) is 6.92. The molecule has 2 bridgehead atoms. The second kappa shape index (κ2) is 9.74. The Labute approximate surface area is 218 Å². The molecule has 4 nitrogen and oxygen atoms in total. The van der Waals surface area contributed by atoms with Crippen molar-refractivity contribution in [2.45, 2.75) is 58.5 Å². The Morgan fingerprint density at radius 3 is 2.38 bits per heavy atom. The molecule has 2 aliphatic carbocycles. The number of benzene rings is 3. The normalized spacial score (nSPS) is 26.0. The van der Waals surface area contributed by atoms with Gasteiger partial charge in [0.1, 0.15) is 12.5 Å². The summed E-state index contributed by atoms with van der Waals surface area (Å²) in [6.45, 7) is 6.91. The van der Waals surface area contributed by atoms with Crippen molar-refractivity contribution in [3.8, 4) is 0 Å². The van der Waals surface area contributed by atoms with Crippen molar-refractivity contribution in [2.24, 2.45) is 16.7 Å². The molecule has 0 N–H and O–H groups in total. The van der Waals surface area contributed by atoms with E-state index in [1.54, 1.807) is 6.08 Å². The molecule has 2 fully saturated rings. The van der Waals surface area contributed by atoms with Gasteiger partial charge in [0, 0.05) is 11.8 Å². The van der Waals surface area contributed by atoms with Gasteiger partial charge in [0.05, 0.1) is 6.42 Å². The van der Waals surface area contributed by atoms with Crippen LogP contribution in [0.15, 0.2) is 78.9 Å². The smallest absolute Gasteiger partial charge is 0.313 e. The first-order chi connectivity index (χ1) is 17.7. The highest BCUT2D eigenvalue weighted by Gasteiger charge is 2.67. The van der Waals surface area contributed by atoms with E-state index in [4.69, 9.17) is 4.74 Å². The molecule has 0 heterocycles. The molecule has 0 aliphatic heterocycles. The fraction of sp³-hybridized carbons (Fsp3) is 0.364. The zero-order valence-corrected chi connectivity index (χ0v) is 21.8.